The van der Waals surface area contributed by atoms with Gasteiger partial charge < -0.3 is 19.7 Å². The zero-order valence-corrected chi connectivity index (χ0v) is 17.1. The van der Waals surface area contributed by atoms with Crippen LogP contribution >= 0.6 is 11.6 Å². The van der Waals surface area contributed by atoms with E-state index in [0.29, 0.717) is 33.5 Å². The number of nitrogens with zero attached hydrogens (tertiary/aromatic N) is 1. The molecule has 0 unspecified atom stereocenters. The quantitative estimate of drug-likeness (QED) is 0.728. The minimum Gasteiger partial charge on any atom is -0.495 e. The number of halogens is 1. The van der Waals surface area contributed by atoms with Crippen LogP contribution in [0.1, 0.15) is 23.7 Å². The Labute approximate surface area is 173 Å². The van der Waals surface area contributed by atoms with Gasteiger partial charge in [0.25, 0.3) is 0 Å². The number of Topliss-reactive ketones (excluding diaryl/α,β-unsaturated/α-hetero) is 1. The second-order valence-electron chi connectivity index (χ2n) is 6.69. The molecule has 1 atom stereocenters. The van der Waals surface area contributed by atoms with E-state index in [1.165, 1.54) is 26.0 Å². The van der Waals surface area contributed by atoms with E-state index in [4.69, 9.17) is 21.1 Å². The molecule has 0 aliphatic carbocycles. The van der Waals surface area contributed by atoms with E-state index in [1.54, 1.807) is 36.4 Å². The molecular weight excluding hydrogens is 396 g/mol. The molecule has 0 aromatic heterocycles. The lowest BCUT2D eigenvalue weighted by atomic mass is 10.1. The summed E-state index contributed by atoms with van der Waals surface area (Å²) in [6, 6.07) is 9.82. The number of benzene rings is 2. The molecule has 1 aliphatic rings. The van der Waals surface area contributed by atoms with E-state index in [0.717, 1.165) is 0 Å². The Balaban J connectivity index is 1.75. The Morgan fingerprint density at radius 1 is 1.10 bits per heavy atom. The van der Waals surface area contributed by atoms with E-state index < -0.39 is 5.92 Å². The van der Waals surface area contributed by atoms with Crippen LogP contribution in [0.2, 0.25) is 5.02 Å². The fourth-order valence-electron chi connectivity index (χ4n) is 3.20. The van der Waals surface area contributed by atoms with Crippen molar-refractivity contribution < 1.29 is 23.9 Å². The topological polar surface area (TPSA) is 84.9 Å². The first-order valence-corrected chi connectivity index (χ1v) is 9.35. The number of nitrogens with one attached hydrogen (secondary N) is 1. The van der Waals surface area contributed by atoms with Gasteiger partial charge in [-0.05, 0) is 37.3 Å². The Morgan fingerprint density at radius 2 is 1.76 bits per heavy atom. The lowest BCUT2D eigenvalue weighted by Crippen LogP contribution is -2.28. The van der Waals surface area contributed by atoms with E-state index in [1.807, 2.05) is 0 Å². The van der Waals surface area contributed by atoms with Crippen molar-refractivity contribution in [2.24, 2.45) is 5.92 Å². The van der Waals surface area contributed by atoms with Crippen molar-refractivity contribution in [2.45, 2.75) is 13.3 Å². The van der Waals surface area contributed by atoms with Gasteiger partial charge in [0, 0.05) is 30.3 Å². The highest BCUT2D eigenvalue weighted by Crippen LogP contribution is 2.40. The molecule has 0 bridgehead atoms. The molecule has 0 radical (unpaired) electrons. The van der Waals surface area contributed by atoms with Crippen molar-refractivity contribution in [1.82, 2.24) is 0 Å². The molecule has 2 aromatic rings. The number of ketones is 1. The summed E-state index contributed by atoms with van der Waals surface area (Å²) in [5, 5.41) is 3.14. The summed E-state index contributed by atoms with van der Waals surface area (Å²) in [4.78, 5) is 38.1. The van der Waals surface area contributed by atoms with E-state index in [9.17, 15) is 14.4 Å². The van der Waals surface area contributed by atoms with Crippen molar-refractivity contribution in [3.63, 3.8) is 0 Å². The Hall–Kier alpha value is -3.06. The molecule has 2 aromatic carbocycles. The molecule has 1 saturated heterocycles. The van der Waals surface area contributed by atoms with Gasteiger partial charge in [-0.1, -0.05) is 11.6 Å². The zero-order chi connectivity index (χ0) is 21.1. The molecule has 0 saturated carbocycles. The monoisotopic (exact) mass is 416 g/mol. The molecule has 3 rings (SSSR count). The van der Waals surface area contributed by atoms with Crippen LogP contribution < -0.4 is 19.7 Å². The van der Waals surface area contributed by atoms with Gasteiger partial charge in [0.15, 0.2) is 5.78 Å². The van der Waals surface area contributed by atoms with Crippen molar-refractivity contribution in [3.8, 4) is 11.5 Å². The average Bonchev–Trinajstić information content (AvgIpc) is 3.09. The summed E-state index contributed by atoms with van der Waals surface area (Å²) in [5.41, 5.74) is 1.62. The highest BCUT2D eigenvalue weighted by Gasteiger charge is 2.36. The van der Waals surface area contributed by atoms with Crippen molar-refractivity contribution >= 4 is 40.6 Å². The molecule has 1 aliphatic heterocycles. The predicted octanol–water partition coefficient (Wildman–Crippen LogP) is 3.55. The molecule has 1 fully saturated rings. The van der Waals surface area contributed by atoms with Crippen molar-refractivity contribution in [3.05, 3.63) is 47.0 Å². The van der Waals surface area contributed by atoms with Gasteiger partial charge >= 0.3 is 0 Å². The third-order valence-electron chi connectivity index (χ3n) is 4.80. The minimum atomic E-state index is -0.527. The minimum absolute atomic E-state index is 0.0491. The van der Waals surface area contributed by atoms with Crippen LogP contribution in [0.4, 0.5) is 11.4 Å². The summed E-state index contributed by atoms with van der Waals surface area (Å²) in [6.45, 7) is 1.68. The Bertz CT molecular complexity index is 958. The molecule has 8 heteroatoms. The fourth-order valence-corrected chi connectivity index (χ4v) is 3.44. The van der Waals surface area contributed by atoms with Crippen LogP contribution in [-0.4, -0.2) is 38.4 Å². The van der Waals surface area contributed by atoms with Crippen LogP contribution in [0.15, 0.2) is 36.4 Å². The van der Waals surface area contributed by atoms with Gasteiger partial charge in [-0.15, -0.1) is 0 Å². The van der Waals surface area contributed by atoms with Crippen molar-refractivity contribution in [2.75, 3.05) is 31.0 Å². The SMILES string of the molecule is COc1cc(OC)c(N2C[C@H](C(=O)Nc3ccc(C(C)=O)cc3)CC2=O)cc1Cl. The normalized spacial score (nSPS) is 15.9. The molecular formula is C21H21ClN2O5. The predicted molar refractivity (Wildman–Crippen MR) is 110 cm³/mol. The number of carbonyl (C=O) groups excluding carboxylic acids is 3. The van der Waals surface area contributed by atoms with Gasteiger partial charge in [-0.25, -0.2) is 0 Å². The second-order valence-corrected chi connectivity index (χ2v) is 7.09. The molecule has 29 heavy (non-hydrogen) atoms. The summed E-state index contributed by atoms with van der Waals surface area (Å²) >= 11 is 6.20. The Kier molecular flexibility index (Phi) is 6.08. The first kappa shape index (κ1) is 20.7. The van der Waals surface area contributed by atoms with Crippen LogP contribution in [0.5, 0.6) is 11.5 Å². The molecule has 2 amide bonds. The molecule has 152 valence electrons. The fraction of sp³-hybridized carbons (Fsp3) is 0.286. The highest BCUT2D eigenvalue weighted by atomic mass is 35.5. The molecule has 7 nitrogen and oxygen atoms in total. The molecule has 0 spiro atoms. The highest BCUT2D eigenvalue weighted by molar-refractivity contribution is 6.32. The first-order valence-electron chi connectivity index (χ1n) is 8.97. The van der Waals surface area contributed by atoms with Crippen LogP contribution in [0.25, 0.3) is 0 Å². The lowest BCUT2D eigenvalue weighted by molar-refractivity contribution is -0.122. The largest absolute Gasteiger partial charge is 0.495 e. The summed E-state index contributed by atoms with van der Waals surface area (Å²) in [7, 11) is 2.98. The number of hydrogen-bond donors (Lipinski definition) is 1. The maximum Gasteiger partial charge on any atom is 0.229 e. The third-order valence-corrected chi connectivity index (χ3v) is 5.09. The van der Waals surface area contributed by atoms with Gasteiger partial charge in [-0.3, -0.25) is 14.4 Å². The third kappa shape index (κ3) is 4.35. The van der Waals surface area contributed by atoms with Crippen LogP contribution in [-0.2, 0) is 9.59 Å². The van der Waals surface area contributed by atoms with E-state index in [2.05, 4.69) is 5.32 Å². The van der Waals surface area contributed by atoms with Crippen molar-refractivity contribution in [1.29, 1.82) is 0 Å². The van der Waals surface area contributed by atoms with E-state index >= 15 is 0 Å². The summed E-state index contributed by atoms with van der Waals surface area (Å²) in [6.07, 6.45) is 0.0736. The first-order chi connectivity index (χ1) is 13.8. The Morgan fingerprint density at radius 3 is 2.34 bits per heavy atom. The van der Waals surface area contributed by atoms with Gasteiger partial charge in [0.2, 0.25) is 11.8 Å². The van der Waals surface area contributed by atoms with E-state index in [-0.39, 0.29) is 30.6 Å². The number of carbonyl (C=O) groups is 3. The van der Waals surface area contributed by atoms with Gasteiger partial charge in [0.05, 0.1) is 30.8 Å². The lowest BCUT2D eigenvalue weighted by Gasteiger charge is -2.21. The van der Waals surface area contributed by atoms with Gasteiger partial charge in [0.1, 0.15) is 11.5 Å². The number of hydrogen-bond acceptors (Lipinski definition) is 5. The molecule has 1 heterocycles. The number of methoxy groups -OCH3 is 2. The number of amides is 2. The zero-order valence-electron chi connectivity index (χ0n) is 16.3. The maximum atomic E-state index is 12.6. The number of anilines is 2. The number of ether oxygens (including phenoxy) is 2. The summed E-state index contributed by atoms with van der Waals surface area (Å²) in [5.74, 6) is -0.179. The average molecular weight is 417 g/mol. The van der Waals surface area contributed by atoms with Crippen LogP contribution in [0, 0.1) is 5.92 Å². The molecule has 1 N–H and O–H groups in total. The maximum absolute atomic E-state index is 12.6. The van der Waals surface area contributed by atoms with Crippen LogP contribution in [0.3, 0.4) is 0 Å². The number of rotatable bonds is 6. The summed E-state index contributed by atoms with van der Waals surface area (Å²) < 4.78 is 10.5. The second kappa shape index (κ2) is 8.53. The van der Waals surface area contributed by atoms with Gasteiger partial charge in [-0.2, -0.15) is 0 Å². The standard InChI is InChI=1S/C21H21ClN2O5/c1-12(25)13-4-6-15(7-5-13)23-21(27)14-8-20(26)24(11-14)17-9-16(22)18(28-2)10-19(17)29-3/h4-7,9-10,14H,8,11H2,1-3H3,(H,23,27)/t14-/m1/s1. The smallest absolute Gasteiger partial charge is 0.229 e.